The average Bonchev–Trinajstić information content (AvgIpc) is 2.90. The van der Waals surface area contributed by atoms with Gasteiger partial charge in [-0.2, -0.15) is 0 Å². The van der Waals surface area contributed by atoms with Crippen LogP contribution in [0.4, 0.5) is 0 Å². The van der Waals surface area contributed by atoms with Gasteiger partial charge in [0.1, 0.15) is 0 Å². The molecule has 1 aromatic rings. The first-order valence-corrected chi connectivity index (χ1v) is 7.20. The topological polar surface area (TPSA) is 15.3 Å². The highest BCUT2D eigenvalue weighted by atomic mass is 32.1. The highest BCUT2D eigenvalue weighted by Crippen LogP contribution is 2.09. The first-order valence-electron chi connectivity index (χ1n) is 6.33. The third kappa shape index (κ3) is 3.89. The van der Waals surface area contributed by atoms with E-state index in [1.165, 1.54) is 43.8 Å². The monoisotopic (exact) mass is 238 g/mol. The van der Waals surface area contributed by atoms with Gasteiger partial charge < -0.3 is 10.2 Å². The lowest BCUT2D eigenvalue weighted by Crippen LogP contribution is -2.38. The van der Waals surface area contributed by atoms with Crippen LogP contribution in [0.25, 0.3) is 0 Å². The summed E-state index contributed by atoms with van der Waals surface area (Å²) >= 11 is 1.86. The highest BCUT2D eigenvalue weighted by Gasteiger charge is 2.13. The Hall–Kier alpha value is -0.380. The lowest BCUT2D eigenvalue weighted by atomic mass is 10.3. The van der Waals surface area contributed by atoms with Gasteiger partial charge in [0.15, 0.2) is 0 Å². The second kappa shape index (κ2) is 6.38. The summed E-state index contributed by atoms with van der Waals surface area (Å²) in [5, 5.41) is 5.77. The van der Waals surface area contributed by atoms with Crippen molar-refractivity contribution in [3.63, 3.8) is 0 Å². The van der Waals surface area contributed by atoms with E-state index in [4.69, 9.17) is 0 Å². The Labute approximate surface area is 103 Å². The van der Waals surface area contributed by atoms with Crippen molar-refractivity contribution in [2.24, 2.45) is 0 Å². The number of likely N-dealkylation sites (tertiary alicyclic amines) is 1. The van der Waals surface area contributed by atoms with Crippen LogP contribution in [0.2, 0.25) is 0 Å². The standard InChI is InChI=1S/C13H22N2S/c1-12(11-15-8-2-3-9-15)14-7-6-13-5-4-10-16-13/h4-5,10,12,14H,2-3,6-9,11H2,1H3. The molecule has 2 nitrogen and oxygen atoms in total. The molecule has 2 rings (SSSR count). The minimum absolute atomic E-state index is 0.623. The molecule has 1 aromatic heterocycles. The van der Waals surface area contributed by atoms with Gasteiger partial charge in [-0.1, -0.05) is 6.07 Å². The van der Waals surface area contributed by atoms with Crippen molar-refractivity contribution in [2.45, 2.75) is 32.2 Å². The molecule has 1 atom stereocenters. The Morgan fingerprint density at radius 1 is 1.44 bits per heavy atom. The lowest BCUT2D eigenvalue weighted by molar-refractivity contribution is 0.300. The fourth-order valence-corrected chi connectivity index (χ4v) is 3.02. The average molecular weight is 238 g/mol. The normalized spacial score (nSPS) is 19.1. The molecule has 1 fully saturated rings. The molecule has 1 saturated heterocycles. The maximum Gasteiger partial charge on any atom is 0.0166 e. The number of hydrogen-bond acceptors (Lipinski definition) is 3. The molecule has 3 heteroatoms. The second-order valence-corrected chi connectivity index (χ2v) is 5.72. The molecule has 2 heterocycles. The molecule has 0 spiro atoms. The van der Waals surface area contributed by atoms with Crippen molar-refractivity contribution in [3.05, 3.63) is 22.4 Å². The molecule has 0 saturated carbocycles. The highest BCUT2D eigenvalue weighted by molar-refractivity contribution is 7.09. The van der Waals surface area contributed by atoms with Gasteiger partial charge in [-0.05, 0) is 50.7 Å². The SMILES string of the molecule is CC(CN1CCCC1)NCCc1cccs1. The van der Waals surface area contributed by atoms with Gasteiger partial charge in [-0.15, -0.1) is 11.3 Å². The number of thiophene rings is 1. The molecule has 1 aliphatic rings. The molecule has 1 N–H and O–H groups in total. The van der Waals surface area contributed by atoms with Crippen LogP contribution in [0, 0.1) is 0 Å². The molecular weight excluding hydrogens is 216 g/mol. The van der Waals surface area contributed by atoms with Crippen molar-refractivity contribution in [3.8, 4) is 0 Å². The summed E-state index contributed by atoms with van der Waals surface area (Å²) in [4.78, 5) is 4.06. The molecule has 1 aliphatic heterocycles. The van der Waals surface area contributed by atoms with Crippen LogP contribution in [0.5, 0.6) is 0 Å². The number of rotatable bonds is 6. The summed E-state index contributed by atoms with van der Waals surface area (Å²) in [6.45, 7) is 7.22. The summed E-state index contributed by atoms with van der Waals surface area (Å²) in [5.41, 5.74) is 0. The molecule has 0 aromatic carbocycles. The summed E-state index contributed by atoms with van der Waals surface area (Å²) in [5.74, 6) is 0. The van der Waals surface area contributed by atoms with Gasteiger partial charge in [0.25, 0.3) is 0 Å². The Morgan fingerprint density at radius 3 is 2.94 bits per heavy atom. The van der Waals surface area contributed by atoms with Crippen molar-refractivity contribution in [2.75, 3.05) is 26.2 Å². The fraction of sp³-hybridized carbons (Fsp3) is 0.692. The molecule has 0 bridgehead atoms. The maximum absolute atomic E-state index is 3.61. The van der Waals surface area contributed by atoms with E-state index in [9.17, 15) is 0 Å². The van der Waals surface area contributed by atoms with Crippen molar-refractivity contribution < 1.29 is 0 Å². The second-order valence-electron chi connectivity index (χ2n) is 4.69. The zero-order valence-corrected chi connectivity index (χ0v) is 10.9. The van der Waals surface area contributed by atoms with Crippen LogP contribution in [0.3, 0.4) is 0 Å². The molecule has 0 radical (unpaired) electrons. The maximum atomic E-state index is 3.61. The van der Waals surface area contributed by atoms with E-state index in [1.807, 2.05) is 11.3 Å². The van der Waals surface area contributed by atoms with E-state index >= 15 is 0 Å². The Kier molecular flexibility index (Phi) is 4.82. The third-order valence-corrected chi connectivity index (χ3v) is 4.11. The van der Waals surface area contributed by atoms with Gasteiger partial charge in [0, 0.05) is 24.0 Å². The predicted octanol–water partition coefficient (Wildman–Crippen LogP) is 2.36. The molecule has 1 unspecified atom stereocenters. The zero-order chi connectivity index (χ0) is 11.2. The Bertz CT molecular complexity index is 278. The Morgan fingerprint density at radius 2 is 2.25 bits per heavy atom. The van der Waals surface area contributed by atoms with E-state index in [0.29, 0.717) is 6.04 Å². The quantitative estimate of drug-likeness (QED) is 0.818. The van der Waals surface area contributed by atoms with Crippen LogP contribution < -0.4 is 5.32 Å². The van der Waals surface area contributed by atoms with Crippen LogP contribution in [-0.4, -0.2) is 37.1 Å². The van der Waals surface area contributed by atoms with E-state index in [2.05, 4.69) is 34.7 Å². The van der Waals surface area contributed by atoms with E-state index in [0.717, 1.165) is 6.54 Å². The van der Waals surface area contributed by atoms with Gasteiger partial charge in [0.2, 0.25) is 0 Å². The van der Waals surface area contributed by atoms with Crippen molar-refractivity contribution in [1.82, 2.24) is 10.2 Å². The zero-order valence-electron chi connectivity index (χ0n) is 10.1. The predicted molar refractivity (Wildman–Crippen MR) is 71.2 cm³/mol. The minimum Gasteiger partial charge on any atom is -0.313 e. The number of nitrogens with one attached hydrogen (secondary N) is 1. The summed E-state index contributed by atoms with van der Waals surface area (Å²) in [6.07, 6.45) is 3.95. The van der Waals surface area contributed by atoms with Gasteiger partial charge >= 0.3 is 0 Å². The van der Waals surface area contributed by atoms with E-state index < -0.39 is 0 Å². The van der Waals surface area contributed by atoms with Crippen LogP contribution in [0.15, 0.2) is 17.5 Å². The summed E-state index contributed by atoms with van der Waals surface area (Å²) in [6, 6.07) is 4.98. The van der Waals surface area contributed by atoms with Crippen LogP contribution >= 0.6 is 11.3 Å². The van der Waals surface area contributed by atoms with Gasteiger partial charge in [-0.25, -0.2) is 0 Å². The van der Waals surface area contributed by atoms with Gasteiger partial charge in [-0.3, -0.25) is 0 Å². The fourth-order valence-electron chi connectivity index (χ4n) is 2.31. The minimum atomic E-state index is 0.623. The summed E-state index contributed by atoms with van der Waals surface area (Å²) < 4.78 is 0. The molecule has 16 heavy (non-hydrogen) atoms. The first-order chi connectivity index (χ1) is 7.84. The summed E-state index contributed by atoms with van der Waals surface area (Å²) in [7, 11) is 0. The van der Waals surface area contributed by atoms with Gasteiger partial charge in [0.05, 0.1) is 0 Å². The smallest absolute Gasteiger partial charge is 0.0166 e. The van der Waals surface area contributed by atoms with E-state index in [1.54, 1.807) is 0 Å². The number of hydrogen-bond donors (Lipinski definition) is 1. The van der Waals surface area contributed by atoms with Crippen molar-refractivity contribution in [1.29, 1.82) is 0 Å². The van der Waals surface area contributed by atoms with E-state index in [-0.39, 0.29) is 0 Å². The molecular formula is C13H22N2S. The van der Waals surface area contributed by atoms with Crippen LogP contribution in [0.1, 0.15) is 24.6 Å². The molecule has 0 amide bonds. The Balaban J connectivity index is 1.58. The van der Waals surface area contributed by atoms with Crippen LogP contribution in [-0.2, 0) is 6.42 Å². The first kappa shape index (κ1) is 12.1. The lowest BCUT2D eigenvalue weighted by Gasteiger charge is -2.21. The number of nitrogens with zero attached hydrogens (tertiary/aromatic N) is 1. The molecule has 0 aliphatic carbocycles. The largest absolute Gasteiger partial charge is 0.313 e. The van der Waals surface area contributed by atoms with Crippen molar-refractivity contribution >= 4 is 11.3 Å². The third-order valence-electron chi connectivity index (χ3n) is 3.18. The molecule has 90 valence electrons.